The molecule has 0 aromatic heterocycles. The van der Waals surface area contributed by atoms with Crippen molar-refractivity contribution in [2.75, 3.05) is 0 Å². The molecule has 0 amide bonds. The smallest absolute Gasteiger partial charge is 0.0609 e. The van der Waals surface area contributed by atoms with E-state index < -0.39 is 0 Å². The van der Waals surface area contributed by atoms with Gasteiger partial charge in [-0.3, -0.25) is 0 Å². The predicted octanol–water partition coefficient (Wildman–Crippen LogP) is 4.77. The van der Waals surface area contributed by atoms with Crippen LogP contribution in [-0.4, -0.2) is 11.2 Å². The van der Waals surface area contributed by atoms with Crippen molar-refractivity contribution in [3.63, 3.8) is 0 Å². The molecule has 0 saturated heterocycles. The average molecular weight is 269 g/mol. The number of hydrogen-bond donors (Lipinski definition) is 1. The highest BCUT2D eigenvalue weighted by Gasteiger charge is 2.18. The van der Waals surface area contributed by atoms with Crippen LogP contribution in [0.3, 0.4) is 0 Å². The van der Waals surface area contributed by atoms with Crippen LogP contribution in [0.5, 0.6) is 0 Å². The minimum atomic E-state index is -0.273. The minimum absolute atomic E-state index is 0.273. The molecule has 1 rings (SSSR count). The van der Waals surface area contributed by atoms with Crippen LogP contribution in [0, 0.1) is 12.8 Å². The molecule has 1 nitrogen and oxygen atoms in total. The Labute approximate surface area is 116 Å². The SMILES string of the molecule is CCCC(CCC)C(O)Cc1ccc(C)cc1Cl. The first-order valence-electron chi connectivity index (χ1n) is 7.01. The molecule has 1 unspecified atom stereocenters. The van der Waals surface area contributed by atoms with E-state index in [4.69, 9.17) is 11.6 Å². The molecule has 0 saturated carbocycles. The Balaban J connectivity index is 2.69. The molecular weight excluding hydrogens is 244 g/mol. The molecule has 0 radical (unpaired) electrons. The van der Waals surface area contributed by atoms with Crippen molar-refractivity contribution in [2.45, 2.75) is 59.0 Å². The minimum Gasteiger partial charge on any atom is -0.392 e. The highest BCUT2D eigenvalue weighted by molar-refractivity contribution is 6.31. The zero-order valence-electron chi connectivity index (χ0n) is 11.7. The van der Waals surface area contributed by atoms with Crippen molar-refractivity contribution in [3.05, 3.63) is 34.3 Å². The standard InChI is InChI=1S/C16H25ClO/c1-4-6-13(7-5-2)16(18)11-14-9-8-12(3)10-15(14)17/h8-10,13,16,18H,4-7,11H2,1-3H3. The summed E-state index contributed by atoms with van der Waals surface area (Å²) >= 11 is 6.22. The van der Waals surface area contributed by atoms with E-state index in [9.17, 15) is 5.11 Å². The van der Waals surface area contributed by atoms with Gasteiger partial charge in [0.1, 0.15) is 0 Å². The van der Waals surface area contributed by atoms with Crippen LogP contribution in [0.2, 0.25) is 5.02 Å². The van der Waals surface area contributed by atoms with Gasteiger partial charge in [0.25, 0.3) is 0 Å². The molecule has 0 bridgehead atoms. The number of hydrogen-bond acceptors (Lipinski definition) is 1. The fraction of sp³-hybridized carbons (Fsp3) is 0.625. The van der Waals surface area contributed by atoms with E-state index >= 15 is 0 Å². The van der Waals surface area contributed by atoms with E-state index in [0.29, 0.717) is 12.3 Å². The summed E-state index contributed by atoms with van der Waals surface area (Å²) in [6.45, 7) is 6.38. The van der Waals surface area contributed by atoms with Crippen LogP contribution in [0.4, 0.5) is 0 Å². The lowest BCUT2D eigenvalue weighted by Crippen LogP contribution is -2.23. The molecule has 1 atom stereocenters. The Morgan fingerprint density at radius 3 is 2.28 bits per heavy atom. The maximum Gasteiger partial charge on any atom is 0.0609 e. The Kier molecular flexibility index (Phi) is 6.73. The molecule has 1 aromatic carbocycles. The van der Waals surface area contributed by atoms with Gasteiger partial charge < -0.3 is 5.11 Å². The van der Waals surface area contributed by atoms with Crippen molar-refractivity contribution >= 4 is 11.6 Å². The lowest BCUT2D eigenvalue weighted by atomic mass is 9.88. The number of benzene rings is 1. The van der Waals surface area contributed by atoms with Crippen LogP contribution >= 0.6 is 11.6 Å². The molecule has 1 N–H and O–H groups in total. The van der Waals surface area contributed by atoms with Gasteiger partial charge in [0.15, 0.2) is 0 Å². The Hall–Kier alpha value is -0.530. The lowest BCUT2D eigenvalue weighted by molar-refractivity contribution is 0.0963. The fourth-order valence-corrected chi connectivity index (χ4v) is 2.79. The topological polar surface area (TPSA) is 20.2 Å². The third-order valence-electron chi connectivity index (χ3n) is 3.50. The monoisotopic (exact) mass is 268 g/mol. The second kappa shape index (κ2) is 7.81. The third-order valence-corrected chi connectivity index (χ3v) is 3.85. The maximum absolute atomic E-state index is 10.4. The highest BCUT2D eigenvalue weighted by Crippen LogP contribution is 2.24. The summed E-state index contributed by atoms with van der Waals surface area (Å²) in [5.74, 6) is 0.400. The first-order chi connectivity index (χ1) is 8.58. The molecule has 0 aliphatic rings. The molecule has 0 heterocycles. The van der Waals surface area contributed by atoms with Crippen molar-refractivity contribution < 1.29 is 5.11 Å². The zero-order chi connectivity index (χ0) is 13.5. The number of halogens is 1. The van der Waals surface area contributed by atoms with Crippen LogP contribution in [0.25, 0.3) is 0 Å². The largest absolute Gasteiger partial charge is 0.392 e. The van der Waals surface area contributed by atoms with Gasteiger partial charge in [0.05, 0.1) is 6.10 Å². The normalized spacial score (nSPS) is 13.0. The molecule has 0 spiro atoms. The maximum atomic E-state index is 10.4. The van der Waals surface area contributed by atoms with Gasteiger partial charge in [-0.05, 0) is 42.9 Å². The summed E-state index contributed by atoms with van der Waals surface area (Å²) in [6.07, 6.45) is 4.85. The Morgan fingerprint density at radius 2 is 1.78 bits per heavy atom. The van der Waals surface area contributed by atoms with Crippen LogP contribution in [0.15, 0.2) is 18.2 Å². The number of aliphatic hydroxyl groups excluding tert-OH is 1. The Morgan fingerprint density at radius 1 is 1.17 bits per heavy atom. The molecule has 18 heavy (non-hydrogen) atoms. The van der Waals surface area contributed by atoms with Gasteiger partial charge in [-0.1, -0.05) is 50.4 Å². The molecule has 102 valence electrons. The Bertz CT molecular complexity index is 356. The first-order valence-corrected chi connectivity index (χ1v) is 7.39. The summed E-state index contributed by atoms with van der Waals surface area (Å²) in [7, 11) is 0. The van der Waals surface area contributed by atoms with Gasteiger partial charge in [-0.2, -0.15) is 0 Å². The fourth-order valence-electron chi connectivity index (χ4n) is 2.48. The van der Waals surface area contributed by atoms with Gasteiger partial charge in [0, 0.05) is 11.4 Å². The van der Waals surface area contributed by atoms with Crippen molar-refractivity contribution in [3.8, 4) is 0 Å². The van der Waals surface area contributed by atoms with E-state index in [1.54, 1.807) is 0 Å². The van der Waals surface area contributed by atoms with E-state index in [0.717, 1.165) is 41.8 Å². The van der Waals surface area contributed by atoms with Crippen molar-refractivity contribution in [1.82, 2.24) is 0 Å². The lowest BCUT2D eigenvalue weighted by Gasteiger charge is -2.22. The first kappa shape index (κ1) is 15.5. The number of rotatable bonds is 7. The van der Waals surface area contributed by atoms with Gasteiger partial charge in [0.2, 0.25) is 0 Å². The van der Waals surface area contributed by atoms with Crippen molar-refractivity contribution in [2.24, 2.45) is 5.92 Å². The van der Waals surface area contributed by atoms with Crippen LogP contribution in [-0.2, 0) is 6.42 Å². The van der Waals surface area contributed by atoms with E-state index in [-0.39, 0.29) is 6.10 Å². The molecule has 0 aliphatic carbocycles. The van der Waals surface area contributed by atoms with Gasteiger partial charge in [-0.25, -0.2) is 0 Å². The molecule has 2 heteroatoms. The van der Waals surface area contributed by atoms with Crippen molar-refractivity contribution in [1.29, 1.82) is 0 Å². The molecule has 0 fully saturated rings. The van der Waals surface area contributed by atoms with E-state index in [1.165, 1.54) is 0 Å². The quantitative estimate of drug-likeness (QED) is 0.755. The average Bonchev–Trinajstić information content (AvgIpc) is 2.32. The van der Waals surface area contributed by atoms with Crippen LogP contribution < -0.4 is 0 Å². The number of aryl methyl sites for hydroxylation is 1. The third kappa shape index (κ3) is 4.62. The summed E-state index contributed by atoms with van der Waals surface area (Å²) in [6, 6.07) is 6.07. The highest BCUT2D eigenvalue weighted by atomic mass is 35.5. The second-order valence-corrected chi connectivity index (χ2v) is 5.61. The summed E-state index contributed by atoms with van der Waals surface area (Å²) < 4.78 is 0. The molecule has 0 aliphatic heterocycles. The van der Waals surface area contributed by atoms with Crippen LogP contribution in [0.1, 0.15) is 50.7 Å². The van der Waals surface area contributed by atoms with E-state index in [1.807, 2.05) is 19.1 Å². The second-order valence-electron chi connectivity index (χ2n) is 5.20. The van der Waals surface area contributed by atoms with Gasteiger partial charge in [-0.15, -0.1) is 0 Å². The summed E-state index contributed by atoms with van der Waals surface area (Å²) in [5, 5.41) is 11.1. The summed E-state index contributed by atoms with van der Waals surface area (Å²) in [5.41, 5.74) is 2.23. The van der Waals surface area contributed by atoms with E-state index in [2.05, 4.69) is 19.9 Å². The number of aliphatic hydroxyl groups is 1. The zero-order valence-corrected chi connectivity index (χ0v) is 12.5. The van der Waals surface area contributed by atoms with Gasteiger partial charge >= 0.3 is 0 Å². The summed E-state index contributed by atoms with van der Waals surface area (Å²) in [4.78, 5) is 0. The predicted molar refractivity (Wildman–Crippen MR) is 79.2 cm³/mol. The molecule has 1 aromatic rings. The molecular formula is C16H25ClO.